The van der Waals surface area contributed by atoms with E-state index in [0.717, 1.165) is 16.7 Å². The van der Waals surface area contributed by atoms with Crippen molar-refractivity contribution in [3.8, 4) is 17.3 Å². The number of halogens is 1. The van der Waals surface area contributed by atoms with Crippen LogP contribution in [-0.2, 0) is 11.3 Å². The van der Waals surface area contributed by atoms with Gasteiger partial charge in [-0.05, 0) is 42.8 Å². The molecule has 0 atom stereocenters. The molecule has 2 aromatic carbocycles. The van der Waals surface area contributed by atoms with E-state index in [1.54, 1.807) is 35.2 Å². The molecule has 0 aliphatic carbocycles. The summed E-state index contributed by atoms with van der Waals surface area (Å²) < 4.78 is 1.06. The molecule has 1 saturated heterocycles. The maximum atomic E-state index is 12.6. The van der Waals surface area contributed by atoms with Gasteiger partial charge < -0.3 is 10.2 Å². The lowest BCUT2D eigenvalue weighted by Crippen LogP contribution is -2.42. The summed E-state index contributed by atoms with van der Waals surface area (Å²) in [6.45, 7) is 1.03. The topological polar surface area (TPSA) is 108 Å². The predicted octanol–water partition coefficient (Wildman–Crippen LogP) is 2.92. The lowest BCUT2D eigenvalue weighted by Gasteiger charge is -2.31. The Morgan fingerprint density at radius 3 is 2.50 bits per heavy atom. The van der Waals surface area contributed by atoms with Crippen LogP contribution < -0.4 is 10.9 Å². The van der Waals surface area contributed by atoms with Gasteiger partial charge in [-0.3, -0.25) is 14.4 Å². The van der Waals surface area contributed by atoms with Crippen LogP contribution in [0.5, 0.6) is 0 Å². The third kappa shape index (κ3) is 4.68. The number of hydrogen-bond acceptors (Lipinski definition) is 5. The number of carbonyl (C=O) groups excluding carboxylic acids is 2. The van der Waals surface area contributed by atoms with E-state index in [0.29, 0.717) is 35.1 Å². The molecule has 2 amide bonds. The molecule has 1 N–H and O–H groups in total. The molecule has 2 heterocycles. The van der Waals surface area contributed by atoms with Gasteiger partial charge in [0.15, 0.2) is 0 Å². The van der Waals surface area contributed by atoms with Crippen molar-refractivity contribution in [2.24, 2.45) is 0 Å². The minimum atomic E-state index is -0.509. The summed E-state index contributed by atoms with van der Waals surface area (Å²) in [5, 5.41) is 16.8. The van der Waals surface area contributed by atoms with Crippen LogP contribution in [0, 0.1) is 11.3 Å². The van der Waals surface area contributed by atoms with Gasteiger partial charge in [-0.25, -0.2) is 4.68 Å². The SMILES string of the molecule is N#Cc1cc(NC(=O)Cn2nc(-c3ccc(Cl)cc3)ccc2=O)cc(C(=O)N2CCC2)c1. The summed E-state index contributed by atoms with van der Waals surface area (Å²) >= 11 is 5.91. The first-order valence-corrected chi connectivity index (χ1v) is 10.3. The van der Waals surface area contributed by atoms with Crippen LogP contribution in [0.15, 0.2) is 59.4 Å². The fourth-order valence-corrected chi connectivity index (χ4v) is 3.39. The molecule has 1 aliphatic heterocycles. The second kappa shape index (κ2) is 9.04. The third-order valence-corrected chi connectivity index (χ3v) is 5.29. The molecular weight excluding hydrogens is 430 g/mol. The molecule has 0 saturated carbocycles. The highest BCUT2D eigenvalue weighted by atomic mass is 35.5. The first-order valence-electron chi connectivity index (χ1n) is 9.91. The third-order valence-electron chi connectivity index (χ3n) is 5.04. The van der Waals surface area contributed by atoms with Crippen molar-refractivity contribution in [3.05, 3.63) is 81.1 Å². The second-order valence-electron chi connectivity index (χ2n) is 7.33. The van der Waals surface area contributed by atoms with Gasteiger partial charge in [0.25, 0.3) is 11.5 Å². The summed E-state index contributed by atoms with van der Waals surface area (Å²) in [6.07, 6.45) is 0.949. The molecule has 32 heavy (non-hydrogen) atoms. The quantitative estimate of drug-likeness (QED) is 0.647. The van der Waals surface area contributed by atoms with E-state index in [9.17, 15) is 19.6 Å². The van der Waals surface area contributed by atoms with E-state index < -0.39 is 11.5 Å². The van der Waals surface area contributed by atoms with Gasteiger partial charge in [0.2, 0.25) is 5.91 Å². The summed E-state index contributed by atoms with van der Waals surface area (Å²) in [5.41, 5.74) is 1.73. The molecule has 9 heteroatoms. The van der Waals surface area contributed by atoms with Crippen molar-refractivity contribution in [1.82, 2.24) is 14.7 Å². The Balaban J connectivity index is 1.53. The number of aromatic nitrogens is 2. The highest BCUT2D eigenvalue weighted by Gasteiger charge is 2.22. The fourth-order valence-electron chi connectivity index (χ4n) is 3.26. The maximum absolute atomic E-state index is 12.6. The molecule has 0 spiro atoms. The number of amides is 2. The van der Waals surface area contributed by atoms with E-state index >= 15 is 0 Å². The van der Waals surface area contributed by atoms with Crippen LogP contribution >= 0.6 is 11.6 Å². The number of likely N-dealkylation sites (tertiary alicyclic amines) is 1. The predicted molar refractivity (Wildman–Crippen MR) is 119 cm³/mol. The Labute approximate surface area is 188 Å². The zero-order chi connectivity index (χ0) is 22.7. The highest BCUT2D eigenvalue weighted by Crippen LogP contribution is 2.20. The Hall–Kier alpha value is -3.96. The minimum absolute atomic E-state index is 0.183. The normalized spacial score (nSPS) is 12.6. The summed E-state index contributed by atoms with van der Waals surface area (Å²) in [7, 11) is 0. The average molecular weight is 448 g/mol. The van der Waals surface area contributed by atoms with Gasteiger partial charge in [-0.15, -0.1) is 0 Å². The molecule has 8 nitrogen and oxygen atoms in total. The fraction of sp³-hybridized carbons (Fsp3) is 0.174. The Morgan fingerprint density at radius 1 is 1.09 bits per heavy atom. The van der Waals surface area contributed by atoms with Crippen molar-refractivity contribution in [1.29, 1.82) is 5.26 Å². The molecular formula is C23H18ClN5O3. The van der Waals surface area contributed by atoms with Crippen LogP contribution in [0.2, 0.25) is 5.02 Å². The molecule has 160 valence electrons. The molecule has 3 aromatic rings. The second-order valence-corrected chi connectivity index (χ2v) is 7.76. The van der Waals surface area contributed by atoms with E-state index in [4.69, 9.17) is 11.6 Å². The number of nitriles is 1. The first-order chi connectivity index (χ1) is 15.4. The first kappa shape index (κ1) is 21.3. The van der Waals surface area contributed by atoms with E-state index in [1.807, 2.05) is 6.07 Å². The van der Waals surface area contributed by atoms with Crippen molar-refractivity contribution in [3.63, 3.8) is 0 Å². The van der Waals surface area contributed by atoms with E-state index in [-0.39, 0.29) is 18.0 Å². The van der Waals surface area contributed by atoms with Crippen molar-refractivity contribution >= 4 is 29.1 Å². The van der Waals surface area contributed by atoms with Gasteiger partial charge in [0.05, 0.1) is 17.3 Å². The largest absolute Gasteiger partial charge is 0.339 e. The maximum Gasteiger partial charge on any atom is 0.267 e. The molecule has 1 aliphatic rings. The summed E-state index contributed by atoms with van der Waals surface area (Å²) in [6, 6.07) is 16.4. The van der Waals surface area contributed by atoms with Gasteiger partial charge in [0.1, 0.15) is 6.54 Å². The van der Waals surface area contributed by atoms with Gasteiger partial charge >= 0.3 is 0 Å². The number of rotatable bonds is 5. The molecule has 0 unspecified atom stereocenters. The van der Waals surface area contributed by atoms with Gasteiger partial charge in [-0.2, -0.15) is 10.4 Å². The van der Waals surface area contributed by atoms with E-state index in [1.165, 1.54) is 24.3 Å². The van der Waals surface area contributed by atoms with Crippen molar-refractivity contribution in [2.45, 2.75) is 13.0 Å². The lowest BCUT2D eigenvalue weighted by atomic mass is 10.1. The number of anilines is 1. The number of benzene rings is 2. The summed E-state index contributed by atoms with van der Waals surface area (Å²) in [4.78, 5) is 39.0. The Morgan fingerprint density at radius 2 is 1.84 bits per heavy atom. The Bertz CT molecular complexity index is 1290. The monoisotopic (exact) mass is 447 g/mol. The van der Waals surface area contributed by atoms with Gasteiger partial charge in [0, 0.05) is 41.0 Å². The number of nitrogens with zero attached hydrogens (tertiary/aromatic N) is 4. The van der Waals surface area contributed by atoms with Crippen molar-refractivity contribution in [2.75, 3.05) is 18.4 Å². The lowest BCUT2D eigenvalue weighted by molar-refractivity contribution is -0.117. The molecule has 0 radical (unpaired) electrons. The van der Waals surface area contributed by atoms with Crippen LogP contribution in [0.25, 0.3) is 11.3 Å². The van der Waals surface area contributed by atoms with E-state index in [2.05, 4.69) is 10.4 Å². The number of hydrogen-bond donors (Lipinski definition) is 1. The summed E-state index contributed by atoms with van der Waals surface area (Å²) in [5.74, 6) is -0.692. The minimum Gasteiger partial charge on any atom is -0.339 e. The van der Waals surface area contributed by atoms with Crippen molar-refractivity contribution < 1.29 is 9.59 Å². The molecule has 1 aromatic heterocycles. The zero-order valence-electron chi connectivity index (χ0n) is 16.9. The van der Waals surface area contributed by atoms with Crippen LogP contribution in [0.4, 0.5) is 5.69 Å². The average Bonchev–Trinajstić information content (AvgIpc) is 2.74. The van der Waals surface area contributed by atoms with Gasteiger partial charge in [-0.1, -0.05) is 23.7 Å². The van der Waals surface area contributed by atoms with Crippen LogP contribution in [-0.4, -0.2) is 39.6 Å². The number of carbonyl (C=O) groups is 2. The standard InChI is InChI=1S/C23H18ClN5O3/c24-18-4-2-16(3-5-18)20-6-7-22(31)29(27-20)14-21(30)26-19-11-15(13-25)10-17(12-19)23(32)28-8-1-9-28/h2-7,10-12H,1,8-9,14H2,(H,26,30). The molecule has 4 rings (SSSR count). The molecule has 1 fully saturated rings. The molecule has 0 bridgehead atoms. The van der Waals surface area contributed by atoms with Crippen LogP contribution in [0.1, 0.15) is 22.3 Å². The Kier molecular flexibility index (Phi) is 6.01. The number of nitrogens with one attached hydrogen (secondary N) is 1. The van der Waals surface area contributed by atoms with Crippen LogP contribution in [0.3, 0.4) is 0 Å². The highest BCUT2D eigenvalue weighted by molar-refractivity contribution is 6.30. The smallest absolute Gasteiger partial charge is 0.267 e. The zero-order valence-corrected chi connectivity index (χ0v) is 17.7.